The molecule has 11 heteroatoms. The summed E-state index contributed by atoms with van der Waals surface area (Å²) in [6.45, 7) is -0.0464. The number of pyridine rings is 1. The minimum atomic E-state index is -0.788. The number of ketones is 1. The summed E-state index contributed by atoms with van der Waals surface area (Å²) in [5.74, 6) is 0.144. The Morgan fingerprint density at radius 1 is 1.33 bits per heavy atom. The molecular weight excluding hydrogens is 392 g/mol. The van der Waals surface area contributed by atoms with Gasteiger partial charge in [-0.3, -0.25) is 14.3 Å². The fraction of sp³-hybridized carbons (Fsp3) is 0.421. The van der Waals surface area contributed by atoms with Crippen molar-refractivity contribution in [3.8, 4) is 5.88 Å². The average molecular weight is 414 g/mol. The standard InChI is InChI=1S/C19H22N6O5/c20-19-23-17-16(22-10-25(17)15-8-13(28)14(9-26)30-15)18(24-19)29-7-3-5-12(27)11-4-1-2-6-21-11/h1-2,4,6,10,13-15,26,28H,3,5,7-9H2,(H2,20,23,24)/t13-,14+,15+/m0/s1. The highest BCUT2D eigenvalue weighted by Gasteiger charge is 2.35. The average Bonchev–Trinajstić information content (AvgIpc) is 3.34. The number of carbonyl (C=O) groups excluding carboxylic acids is 1. The molecule has 3 atom stereocenters. The summed E-state index contributed by atoms with van der Waals surface area (Å²) >= 11 is 0. The maximum atomic E-state index is 12.1. The Hall–Kier alpha value is -3.15. The van der Waals surface area contributed by atoms with Gasteiger partial charge in [0.05, 0.1) is 25.6 Å². The molecule has 4 heterocycles. The second-order valence-corrected chi connectivity index (χ2v) is 6.92. The minimum Gasteiger partial charge on any atom is -0.476 e. The highest BCUT2D eigenvalue weighted by molar-refractivity contribution is 5.94. The van der Waals surface area contributed by atoms with Gasteiger partial charge in [-0.15, -0.1) is 0 Å². The molecule has 0 amide bonds. The molecule has 1 fully saturated rings. The van der Waals surface area contributed by atoms with Crippen LogP contribution < -0.4 is 10.5 Å². The lowest BCUT2D eigenvalue weighted by atomic mass is 10.1. The zero-order valence-electron chi connectivity index (χ0n) is 16.1. The Bertz CT molecular complexity index is 1030. The first-order chi connectivity index (χ1) is 14.6. The number of rotatable bonds is 8. The number of hydrogen-bond acceptors (Lipinski definition) is 10. The number of carbonyl (C=O) groups is 1. The van der Waals surface area contributed by atoms with Gasteiger partial charge in [-0.25, -0.2) is 4.98 Å². The van der Waals surface area contributed by atoms with E-state index >= 15 is 0 Å². The quantitative estimate of drug-likeness (QED) is 0.350. The Balaban J connectivity index is 1.43. The van der Waals surface area contributed by atoms with E-state index in [1.807, 2.05) is 0 Å². The first-order valence-electron chi connectivity index (χ1n) is 9.58. The van der Waals surface area contributed by atoms with Gasteiger partial charge in [0, 0.05) is 19.0 Å². The van der Waals surface area contributed by atoms with Crippen molar-refractivity contribution in [3.05, 3.63) is 36.4 Å². The molecule has 0 aromatic carbocycles. The molecule has 0 bridgehead atoms. The van der Waals surface area contributed by atoms with Crippen LogP contribution in [0.1, 0.15) is 36.0 Å². The molecule has 1 aliphatic heterocycles. The van der Waals surface area contributed by atoms with Crippen LogP contribution in [0.25, 0.3) is 11.2 Å². The summed E-state index contributed by atoms with van der Waals surface area (Å²) in [4.78, 5) is 28.8. The molecule has 4 rings (SSSR count). The van der Waals surface area contributed by atoms with Crippen molar-refractivity contribution >= 4 is 22.9 Å². The number of anilines is 1. The van der Waals surface area contributed by atoms with E-state index in [4.69, 9.17) is 15.2 Å². The van der Waals surface area contributed by atoms with Crippen molar-refractivity contribution in [1.82, 2.24) is 24.5 Å². The zero-order valence-corrected chi connectivity index (χ0v) is 16.1. The molecule has 0 unspecified atom stereocenters. The van der Waals surface area contributed by atoms with Gasteiger partial charge in [0.15, 0.2) is 16.9 Å². The van der Waals surface area contributed by atoms with Crippen LogP contribution in [0.2, 0.25) is 0 Å². The normalized spacial score (nSPS) is 21.2. The lowest BCUT2D eigenvalue weighted by Crippen LogP contribution is -2.24. The molecule has 1 aliphatic rings. The number of aromatic nitrogens is 5. The second kappa shape index (κ2) is 8.69. The van der Waals surface area contributed by atoms with Crippen molar-refractivity contribution in [3.63, 3.8) is 0 Å². The topological polar surface area (TPSA) is 158 Å². The van der Waals surface area contributed by atoms with E-state index in [2.05, 4.69) is 19.9 Å². The molecule has 0 aliphatic carbocycles. The van der Waals surface area contributed by atoms with Crippen LogP contribution in [-0.2, 0) is 4.74 Å². The molecule has 4 N–H and O–H groups in total. The van der Waals surface area contributed by atoms with Crippen molar-refractivity contribution in [2.24, 2.45) is 0 Å². The first-order valence-corrected chi connectivity index (χ1v) is 9.58. The number of nitrogens with two attached hydrogens (primary N) is 1. The number of hydrogen-bond donors (Lipinski definition) is 3. The summed E-state index contributed by atoms with van der Waals surface area (Å²) in [7, 11) is 0. The second-order valence-electron chi connectivity index (χ2n) is 6.92. The van der Waals surface area contributed by atoms with E-state index in [0.29, 0.717) is 23.3 Å². The van der Waals surface area contributed by atoms with Gasteiger partial charge >= 0.3 is 0 Å². The minimum absolute atomic E-state index is 0.000987. The number of nitrogens with zero attached hydrogens (tertiary/aromatic N) is 5. The van der Waals surface area contributed by atoms with Crippen LogP contribution in [0.15, 0.2) is 30.7 Å². The molecule has 0 spiro atoms. The van der Waals surface area contributed by atoms with Gasteiger partial charge in [0.25, 0.3) is 0 Å². The number of ether oxygens (including phenoxy) is 2. The zero-order chi connectivity index (χ0) is 21.1. The van der Waals surface area contributed by atoms with E-state index in [0.717, 1.165) is 0 Å². The largest absolute Gasteiger partial charge is 0.476 e. The van der Waals surface area contributed by atoms with E-state index in [9.17, 15) is 15.0 Å². The number of imidazole rings is 1. The number of nitrogen functional groups attached to an aromatic ring is 1. The van der Waals surface area contributed by atoms with Crippen LogP contribution in [-0.4, -0.2) is 65.9 Å². The molecule has 3 aromatic heterocycles. The van der Waals surface area contributed by atoms with Gasteiger partial charge in [0.2, 0.25) is 11.8 Å². The highest BCUT2D eigenvalue weighted by atomic mass is 16.5. The summed E-state index contributed by atoms with van der Waals surface area (Å²) in [6.07, 6.45) is 2.13. The Labute approximate surface area is 171 Å². The van der Waals surface area contributed by atoms with E-state index in [1.165, 1.54) is 6.33 Å². The van der Waals surface area contributed by atoms with Gasteiger partial charge in [0.1, 0.15) is 18.0 Å². The number of aliphatic hydroxyl groups is 2. The molecule has 11 nitrogen and oxygen atoms in total. The molecular formula is C19H22N6O5. The number of aliphatic hydroxyl groups excluding tert-OH is 2. The number of Topliss-reactive ketones (excluding diaryl/α,β-unsaturated/α-hetero) is 1. The van der Waals surface area contributed by atoms with Crippen LogP contribution in [0.3, 0.4) is 0 Å². The molecule has 1 saturated heterocycles. The van der Waals surface area contributed by atoms with E-state index in [-0.39, 0.29) is 43.7 Å². The van der Waals surface area contributed by atoms with Crippen molar-refractivity contribution < 1.29 is 24.5 Å². The summed E-state index contributed by atoms with van der Waals surface area (Å²) < 4.78 is 13.0. The lowest BCUT2D eigenvalue weighted by molar-refractivity contribution is -0.0432. The monoisotopic (exact) mass is 414 g/mol. The van der Waals surface area contributed by atoms with Crippen LogP contribution in [0, 0.1) is 0 Å². The van der Waals surface area contributed by atoms with Crippen LogP contribution >= 0.6 is 0 Å². The Morgan fingerprint density at radius 2 is 2.20 bits per heavy atom. The Kier molecular flexibility index (Phi) is 5.84. The SMILES string of the molecule is Nc1nc(OCCCC(=O)c2ccccn2)c2ncn([C@H]3C[C@H](O)[C@@H](CO)O3)c2n1. The van der Waals surface area contributed by atoms with Crippen molar-refractivity contribution in [2.75, 3.05) is 18.9 Å². The third-order valence-corrected chi connectivity index (χ3v) is 4.84. The van der Waals surface area contributed by atoms with Gasteiger partial charge in [-0.1, -0.05) is 6.07 Å². The lowest BCUT2D eigenvalue weighted by Gasteiger charge is -2.14. The summed E-state index contributed by atoms with van der Waals surface area (Å²) in [5.41, 5.74) is 7.04. The van der Waals surface area contributed by atoms with Crippen LogP contribution in [0.4, 0.5) is 5.95 Å². The predicted octanol–water partition coefficient (Wildman–Crippen LogP) is 0.486. The number of fused-ring (bicyclic) bond motifs is 1. The summed E-state index contributed by atoms with van der Waals surface area (Å²) in [6, 6.07) is 5.20. The van der Waals surface area contributed by atoms with Crippen molar-refractivity contribution in [1.29, 1.82) is 0 Å². The fourth-order valence-corrected chi connectivity index (χ4v) is 3.33. The van der Waals surface area contributed by atoms with Gasteiger partial charge in [-0.05, 0) is 18.6 Å². The summed E-state index contributed by atoms with van der Waals surface area (Å²) in [5, 5.41) is 19.3. The fourth-order valence-electron chi connectivity index (χ4n) is 3.33. The molecule has 3 aromatic rings. The predicted molar refractivity (Wildman–Crippen MR) is 105 cm³/mol. The molecule has 30 heavy (non-hydrogen) atoms. The molecule has 158 valence electrons. The van der Waals surface area contributed by atoms with Crippen molar-refractivity contribution in [2.45, 2.75) is 37.7 Å². The Morgan fingerprint density at radius 3 is 2.93 bits per heavy atom. The maximum Gasteiger partial charge on any atom is 0.247 e. The third-order valence-electron chi connectivity index (χ3n) is 4.84. The third kappa shape index (κ3) is 4.08. The van der Waals surface area contributed by atoms with E-state index < -0.39 is 18.4 Å². The van der Waals surface area contributed by atoms with Crippen LogP contribution in [0.5, 0.6) is 5.88 Å². The molecule has 0 radical (unpaired) electrons. The maximum absolute atomic E-state index is 12.1. The first kappa shape index (κ1) is 20.1. The molecule has 0 saturated carbocycles. The van der Waals surface area contributed by atoms with E-state index in [1.54, 1.807) is 29.0 Å². The van der Waals surface area contributed by atoms with Gasteiger partial charge in [-0.2, -0.15) is 9.97 Å². The highest BCUT2D eigenvalue weighted by Crippen LogP contribution is 2.32. The smallest absolute Gasteiger partial charge is 0.247 e. The van der Waals surface area contributed by atoms with Gasteiger partial charge < -0.3 is 25.4 Å².